The van der Waals surface area contributed by atoms with Crippen LogP contribution in [0.5, 0.6) is 17.2 Å². The van der Waals surface area contributed by atoms with E-state index >= 15 is 0 Å². The van der Waals surface area contributed by atoms with Crippen molar-refractivity contribution in [3.63, 3.8) is 0 Å². The minimum Gasteiger partial charge on any atom is -0.507 e. The molecule has 0 amide bonds. The van der Waals surface area contributed by atoms with Gasteiger partial charge < -0.3 is 14.6 Å². The third-order valence-electron chi connectivity index (χ3n) is 5.78. The maximum atomic E-state index is 12.3. The minimum atomic E-state index is -0.383. The van der Waals surface area contributed by atoms with Gasteiger partial charge in [-0.15, -0.1) is 5.10 Å². The van der Waals surface area contributed by atoms with Gasteiger partial charge in [-0.3, -0.25) is 0 Å². The summed E-state index contributed by atoms with van der Waals surface area (Å²) in [6.45, 7) is 8.46. The summed E-state index contributed by atoms with van der Waals surface area (Å²) in [4.78, 5) is 17.0. The molecule has 33 heavy (non-hydrogen) atoms. The van der Waals surface area contributed by atoms with E-state index in [1.54, 1.807) is 32.5 Å². The highest BCUT2D eigenvalue weighted by molar-refractivity contribution is 5.85. The Morgan fingerprint density at radius 1 is 0.970 bits per heavy atom. The van der Waals surface area contributed by atoms with Crippen LogP contribution in [0, 0.1) is 0 Å². The summed E-state index contributed by atoms with van der Waals surface area (Å²) in [6.07, 6.45) is 1.71. The zero-order valence-corrected chi connectivity index (χ0v) is 19.6. The Hall–Kier alpha value is -3.81. The lowest BCUT2D eigenvalue weighted by Crippen LogP contribution is -2.10. The van der Waals surface area contributed by atoms with E-state index in [9.17, 15) is 9.90 Å². The second-order valence-corrected chi connectivity index (χ2v) is 8.58. The molecule has 0 aliphatic carbocycles. The number of phenols is 1. The molecule has 2 aromatic heterocycles. The van der Waals surface area contributed by atoms with Gasteiger partial charge in [-0.25, -0.2) is 19.3 Å². The number of hydrogen-bond acceptors (Lipinski definition) is 6. The number of phenolic OH excluding ortho intramolecular Hbond substituents is 1. The maximum Gasteiger partial charge on any atom is 0.348 e. The van der Waals surface area contributed by atoms with Gasteiger partial charge in [0, 0.05) is 23.4 Å². The zero-order chi connectivity index (χ0) is 23.9. The summed E-state index contributed by atoms with van der Waals surface area (Å²) in [7, 11) is 3.23. The molecule has 0 bridgehead atoms. The van der Waals surface area contributed by atoms with E-state index in [4.69, 9.17) is 9.47 Å². The summed E-state index contributed by atoms with van der Waals surface area (Å²) in [5.41, 5.74) is 4.32. The number of fused-ring (bicyclic) bond motifs is 1. The van der Waals surface area contributed by atoms with E-state index in [-0.39, 0.29) is 29.1 Å². The zero-order valence-electron chi connectivity index (χ0n) is 19.6. The Morgan fingerprint density at radius 3 is 2.18 bits per heavy atom. The molecular formula is C25H28N4O4. The predicted octanol–water partition coefficient (Wildman–Crippen LogP) is 4.72. The first-order valence-corrected chi connectivity index (χ1v) is 10.8. The first-order chi connectivity index (χ1) is 15.7. The van der Waals surface area contributed by atoms with Crippen LogP contribution < -0.4 is 15.2 Å². The number of methoxy groups -OCH3 is 2. The standard InChI is InChI=1S/C25H28N4O4/c1-13(2)18-9-15(10-19(14(3)4)23(18)33-6)20-12-29-24(27-28-25(29)31)26-22(20)17-8-7-16(32-5)11-21(17)30/h7-14,30H,1-6H3,(H,28,31). The number of nitrogens with zero attached hydrogens (tertiary/aromatic N) is 3. The van der Waals surface area contributed by atoms with E-state index in [1.807, 2.05) is 0 Å². The third-order valence-corrected chi connectivity index (χ3v) is 5.78. The maximum absolute atomic E-state index is 12.3. The molecular weight excluding hydrogens is 420 g/mol. The average Bonchev–Trinajstić information content (AvgIpc) is 3.16. The monoisotopic (exact) mass is 448 g/mol. The minimum absolute atomic E-state index is 0.0204. The molecule has 0 saturated carbocycles. The molecule has 0 atom stereocenters. The van der Waals surface area contributed by atoms with Crippen molar-refractivity contribution in [2.24, 2.45) is 0 Å². The molecule has 0 aliphatic heterocycles. The lowest BCUT2D eigenvalue weighted by atomic mass is 9.88. The predicted molar refractivity (Wildman–Crippen MR) is 127 cm³/mol. The quantitative estimate of drug-likeness (QED) is 0.442. The Kier molecular flexibility index (Phi) is 5.84. The number of nitrogens with one attached hydrogen (secondary N) is 1. The lowest BCUT2D eigenvalue weighted by Gasteiger charge is -2.21. The smallest absolute Gasteiger partial charge is 0.348 e. The molecule has 0 saturated heterocycles. The topological polar surface area (TPSA) is 102 Å². The lowest BCUT2D eigenvalue weighted by molar-refractivity contribution is 0.400. The Bertz CT molecular complexity index is 1360. The van der Waals surface area contributed by atoms with Gasteiger partial charge in [0.25, 0.3) is 5.78 Å². The summed E-state index contributed by atoms with van der Waals surface area (Å²) in [5, 5.41) is 17.2. The highest BCUT2D eigenvalue weighted by Crippen LogP contribution is 2.42. The van der Waals surface area contributed by atoms with Gasteiger partial charge in [0.05, 0.1) is 19.9 Å². The van der Waals surface area contributed by atoms with Crippen molar-refractivity contribution in [1.29, 1.82) is 0 Å². The van der Waals surface area contributed by atoms with Crippen LogP contribution in [0.4, 0.5) is 0 Å². The number of hydrogen-bond donors (Lipinski definition) is 2. The first kappa shape index (κ1) is 22.4. The van der Waals surface area contributed by atoms with Crippen LogP contribution in [0.15, 0.2) is 41.3 Å². The summed E-state index contributed by atoms with van der Waals surface area (Å²) < 4.78 is 12.4. The molecule has 0 spiro atoms. The van der Waals surface area contributed by atoms with Crippen molar-refractivity contribution in [3.05, 3.63) is 58.1 Å². The van der Waals surface area contributed by atoms with Crippen LogP contribution in [-0.2, 0) is 0 Å². The summed E-state index contributed by atoms with van der Waals surface area (Å²) >= 11 is 0. The van der Waals surface area contributed by atoms with Crippen molar-refractivity contribution < 1.29 is 14.6 Å². The van der Waals surface area contributed by atoms with Gasteiger partial charge in [0.1, 0.15) is 17.2 Å². The summed E-state index contributed by atoms with van der Waals surface area (Å²) in [5.74, 6) is 2.06. The van der Waals surface area contributed by atoms with E-state index < -0.39 is 0 Å². The molecule has 8 nitrogen and oxygen atoms in total. The van der Waals surface area contributed by atoms with Gasteiger partial charge >= 0.3 is 5.69 Å². The van der Waals surface area contributed by atoms with E-state index in [1.165, 1.54) is 10.5 Å². The van der Waals surface area contributed by atoms with Crippen molar-refractivity contribution >= 4 is 5.78 Å². The molecule has 172 valence electrons. The Morgan fingerprint density at radius 2 is 1.64 bits per heavy atom. The number of aromatic nitrogens is 4. The van der Waals surface area contributed by atoms with Gasteiger partial charge in [0.2, 0.25) is 0 Å². The van der Waals surface area contributed by atoms with Crippen LogP contribution in [0.2, 0.25) is 0 Å². The number of aromatic amines is 1. The second-order valence-electron chi connectivity index (χ2n) is 8.58. The van der Waals surface area contributed by atoms with Crippen LogP contribution in [0.25, 0.3) is 28.2 Å². The van der Waals surface area contributed by atoms with Crippen LogP contribution in [-0.4, -0.2) is 38.9 Å². The highest BCUT2D eigenvalue weighted by atomic mass is 16.5. The molecule has 8 heteroatoms. The molecule has 4 aromatic rings. The Labute approximate surface area is 191 Å². The van der Waals surface area contributed by atoms with E-state index in [0.717, 1.165) is 22.4 Å². The van der Waals surface area contributed by atoms with Crippen molar-refractivity contribution in [2.45, 2.75) is 39.5 Å². The van der Waals surface area contributed by atoms with Crippen LogP contribution >= 0.6 is 0 Å². The fourth-order valence-electron chi connectivity index (χ4n) is 4.02. The largest absolute Gasteiger partial charge is 0.507 e. The fourth-order valence-corrected chi connectivity index (χ4v) is 4.02. The molecule has 2 aromatic carbocycles. The normalized spacial score (nSPS) is 11.5. The molecule has 2 heterocycles. The highest BCUT2D eigenvalue weighted by Gasteiger charge is 2.22. The van der Waals surface area contributed by atoms with Crippen LogP contribution in [0.3, 0.4) is 0 Å². The Balaban J connectivity index is 2.08. The number of rotatable bonds is 6. The van der Waals surface area contributed by atoms with Gasteiger partial charge in [-0.2, -0.15) is 0 Å². The SMILES string of the molecule is COc1ccc(-c2nc3n[nH]c(=O)n3cc2-c2cc(C(C)C)c(OC)c(C(C)C)c2)c(O)c1. The molecule has 0 unspecified atom stereocenters. The van der Waals surface area contributed by atoms with Gasteiger partial charge in [0.15, 0.2) is 0 Å². The fraction of sp³-hybridized carbons (Fsp3) is 0.320. The van der Waals surface area contributed by atoms with E-state index in [0.29, 0.717) is 22.6 Å². The summed E-state index contributed by atoms with van der Waals surface area (Å²) in [6, 6.07) is 9.17. The number of ether oxygens (including phenoxy) is 2. The van der Waals surface area contributed by atoms with Crippen LogP contribution in [0.1, 0.15) is 50.7 Å². The second kappa shape index (κ2) is 8.61. The molecule has 2 N–H and O–H groups in total. The third kappa shape index (κ3) is 3.92. The first-order valence-electron chi connectivity index (χ1n) is 10.8. The molecule has 0 fully saturated rings. The average molecular weight is 449 g/mol. The van der Waals surface area contributed by atoms with Crippen molar-refractivity contribution in [3.8, 4) is 39.6 Å². The van der Waals surface area contributed by atoms with Gasteiger partial charge in [-0.1, -0.05) is 27.7 Å². The van der Waals surface area contributed by atoms with E-state index in [2.05, 4.69) is 55.0 Å². The number of aromatic hydroxyl groups is 1. The van der Waals surface area contributed by atoms with Crippen molar-refractivity contribution in [2.75, 3.05) is 14.2 Å². The molecule has 0 aliphatic rings. The number of H-pyrrole nitrogens is 1. The van der Waals surface area contributed by atoms with Gasteiger partial charge in [-0.05, 0) is 52.8 Å². The number of benzene rings is 2. The van der Waals surface area contributed by atoms with Crippen molar-refractivity contribution in [1.82, 2.24) is 19.6 Å². The molecule has 4 rings (SSSR count). The molecule has 0 radical (unpaired) electrons.